The largest absolute Gasteiger partial charge is 0.481 e. The van der Waals surface area contributed by atoms with Crippen LogP contribution in [-0.2, 0) is 0 Å². The fourth-order valence-corrected chi connectivity index (χ4v) is 2.85. The molecule has 0 spiro atoms. The number of nitrogens with one attached hydrogen (secondary N) is 1. The Morgan fingerprint density at radius 1 is 1.32 bits per heavy atom. The minimum atomic E-state index is -0.475. The zero-order valence-corrected chi connectivity index (χ0v) is 12.5. The van der Waals surface area contributed by atoms with Crippen molar-refractivity contribution in [2.45, 2.75) is 0 Å². The zero-order valence-electron chi connectivity index (χ0n) is 9.41. The Labute approximate surface area is 127 Å². The number of ether oxygens (including phenoxy) is 1. The molecule has 0 bridgehead atoms. The third-order valence-corrected chi connectivity index (χ3v) is 3.69. The number of hydrogen-bond acceptors (Lipinski definition) is 5. The van der Waals surface area contributed by atoms with Crippen LogP contribution in [0.4, 0.5) is 5.95 Å². The van der Waals surface area contributed by atoms with Crippen molar-refractivity contribution in [1.82, 2.24) is 9.97 Å². The van der Waals surface area contributed by atoms with E-state index in [2.05, 4.69) is 15.3 Å². The monoisotopic (exact) mass is 337 g/mol. The SMILES string of the molecule is COc1cc(Cl)nc(NC(=O)c2cc(Cl)sc2Cl)n1. The van der Waals surface area contributed by atoms with E-state index in [1.165, 1.54) is 19.2 Å². The molecule has 0 aliphatic rings. The van der Waals surface area contributed by atoms with E-state index in [1.54, 1.807) is 0 Å². The third-order valence-electron chi connectivity index (χ3n) is 2.01. The van der Waals surface area contributed by atoms with Gasteiger partial charge in [0, 0.05) is 6.07 Å². The molecule has 0 aromatic carbocycles. The van der Waals surface area contributed by atoms with Crippen LogP contribution in [0.2, 0.25) is 13.8 Å². The summed E-state index contributed by atoms with van der Waals surface area (Å²) in [4.78, 5) is 19.7. The van der Waals surface area contributed by atoms with Gasteiger partial charge in [-0.05, 0) is 6.07 Å². The molecule has 5 nitrogen and oxygen atoms in total. The molecule has 2 heterocycles. The maximum Gasteiger partial charge on any atom is 0.260 e. The first-order valence-corrected chi connectivity index (χ1v) is 6.79. The number of thiophene rings is 1. The summed E-state index contributed by atoms with van der Waals surface area (Å²) < 4.78 is 5.62. The molecule has 1 amide bonds. The molecule has 0 atom stereocenters. The highest BCUT2D eigenvalue weighted by Gasteiger charge is 2.16. The van der Waals surface area contributed by atoms with Crippen LogP contribution in [0.1, 0.15) is 10.4 Å². The van der Waals surface area contributed by atoms with Crippen molar-refractivity contribution in [1.29, 1.82) is 0 Å². The molecule has 2 aromatic rings. The van der Waals surface area contributed by atoms with Crippen LogP contribution < -0.4 is 10.1 Å². The van der Waals surface area contributed by atoms with Gasteiger partial charge in [0.2, 0.25) is 11.8 Å². The van der Waals surface area contributed by atoms with Crippen LogP contribution in [0, 0.1) is 0 Å². The van der Waals surface area contributed by atoms with E-state index in [0.29, 0.717) is 4.34 Å². The number of carbonyl (C=O) groups is 1. The predicted octanol–water partition coefficient (Wildman–Crippen LogP) is 3.76. The maximum absolute atomic E-state index is 11.9. The van der Waals surface area contributed by atoms with Crippen LogP contribution in [0.3, 0.4) is 0 Å². The van der Waals surface area contributed by atoms with Gasteiger partial charge in [-0.15, -0.1) is 11.3 Å². The van der Waals surface area contributed by atoms with Crippen molar-refractivity contribution in [2.24, 2.45) is 0 Å². The minimum absolute atomic E-state index is 0.0211. The molecule has 19 heavy (non-hydrogen) atoms. The van der Waals surface area contributed by atoms with Crippen molar-refractivity contribution in [3.8, 4) is 5.88 Å². The van der Waals surface area contributed by atoms with Gasteiger partial charge in [-0.3, -0.25) is 10.1 Å². The summed E-state index contributed by atoms with van der Waals surface area (Å²) in [5.74, 6) is -0.213. The van der Waals surface area contributed by atoms with Crippen LogP contribution in [0.25, 0.3) is 0 Å². The Hall–Kier alpha value is -1.08. The van der Waals surface area contributed by atoms with E-state index in [0.717, 1.165) is 11.3 Å². The Kier molecular flexibility index (Phi) is 4.46. The van der Waals surface area contributed by atoms with Crippen molar-refractivity contribution < 1.29 is 9.53 Å². The lowest BCUT2D eigenvalue weighted by Crippen LogP contribution is -2.14. The summed E-state index contributed by atoms with van der Waals surface area (Å²) in [6.07, 6.45) is 0. The molecule has 0 aliphatic carbocycles. The molecule has 0 radical (unpaired) electrons. The second-order valence-electron chi connectivity index (χ2n) is 3.25. The summed E-state index contributed by atoms with van der Waals surface area (Å²) in [6, 6.07) is 2.89. The lowest BCUT2D eigenvalue weighted by molar-refractivity contribution is 0.102. The van der Waals surface area contributed by atoms with Gasteiger partial charge in [0.15, 0.2) is 0 Å². The first-order chi connectivity index (χ1) is 8.99. The van der Waals surface area contributed by atoms with Gasteiger partial charge >= 0.3 is 0 Å². The standard InChI is InChI=1S/C10H6Cl3N3O2S/c1-18-7-3-5(11)14-10(15-7)16-9(17)4-2-6(12)19-8(4)13/h2-3H,1H3,(H,14,15,16,17). The Bertz CT molecular complexity index is 632. The Balaban J connectivity index is 2.23. The van der Waals surface area contributed by atoms with Gasteiger partial charge in [-0.25, -0.2) is 4.98 Å². The molecule has 1 N–H and O–H groups in total. The summed E-state index contributed by atoms with van der Waals surface area (Å²) in [5.41, 5.74) is 0.249. The number of halogens is 3. The van der Waals surface area contributed by atoms with Gasteiger partial charge in [0.25, 0.3) is 5.91 Å². The highest BCUT2D eigenvalue weighted by Crippen LogP contribution is 2.31. The summed E-state index contributed by atoms with van der Waals surface area (Å²) in [5, 5.41) is 2.62. The number of carbonyl (C=O) groups excluding carboxylic acids is 1. The highest BCUT2D eigenvalue weighted by molar-refractivity contribution is 7.20. The molecule has 2 rings (SSSR count). The molecule has 0 fully saturated rings. The van der Waals surface area contributed by atoms with Crippen molar-refractivity contribution in [3.63, 3.8) is 0 Å². The van der Waals surface area contributed by atoms with E-state index in [-0.39, 0.29) is 26.9 Å². The van der Waals surface area contributed by atoms with Gasteiger partial charge < -0.3 is 4.74 Å². The molecule has 100 valence electrons. The molecule has 9 heteroatoms. The summed E-state index contributed by atoms with van der Waals surface area (Å²) in [6.45, 7) is 0. The number of hydrogen-bond donors (Lipinski definition) is 1. The van der Waals surface area contributed by atoms with E-state index in [1.807, 2.05) is 0 Å². The van der Waals surface area contributed by atoms with Gasteiger partial charge in [0.05, 0.1) is 17.0 Å². The van der Waals surface area contributed by atoms with Crippen molar-refractivity contribution >= 4 is 58.0 Å². The molecular weight excluding hydrogens is 333 g/mol. The highest BCUT2D eigenvalue weighted by atomic mass is 35.5. The second-order valence-corrected chi connectivity index (χ2v) is 5.92. The second kappa shape index (κ2) is 5.92. The Morgan fingerprint density at radius 2 is 2.05 bits per heavy atom. The quantitative estimate of drug-likeness (QED) is 0.866. The molecule has 2 aromatic heterocycles. The average molecular weight is 339 g/mol. The van der Waals surface area contributed by atoms with E-state index < -0.39 is 5.91 Å². The molecule has 0 aliphatic heterocycles. The molecule has 0 saturated heterocycles. The number of rotatable bonds is 3. The van der Waals surface area contributed by atoms with Gasteiger partial charge in [0.1, 0.15) is 9.49 Å². The maximum atomic E-state index is 11.9. The fourth-order valence-electron chi connectivity index (χ4n) is 1.22. The number of amides is 1. The zero-order chi connectivity index (χ0) is 14.0. The number of nitrogens with zero attached hydrogens (tertiary/aromatic N) is 2. The summed E-state index contributed by atoms with van der Waals surface area (Å²) in [7, 11) is 1.43. The number of anilines is 1. The predicted molar refractivity (Wildman–Crippen MR) is 75.9 cm³/mol. The lowest BCUT2D eigenvalue weighted by Gasteiger charge is -2.05. The minimum Gasteiger partial charge on any atom is -0.481 e. The van der Waals surface area contributed by atoms with Gasteiger partial charge in [-0.2, -0.15) is 4.98 Å². The smallest absolute Gasteiger partial charge is 0.260 e. The molecular formula is C10H6Cl3N3O2S. The van der Waals surface area contributed by atoms with Crippen LogP contribution in [0.5, 0.6) is 5.88 Å². The molecule has 0 saturated carbocycles. The average Bonchev–Trinajstić information content (AvgIpc) is 2.67. The van der Waals surface area contributed by atoms with Crippen molar-refractivity contribution in [3.05, 3.63) is 31.5 Å². The fraction of sp³-hybridized carbons (Fsp3) is 0.100. The normalized spacial score (nSPS) is 10.3. The van der Waals surface area contributed by atoms with E-state index in [4.69, 9.17) is 39.5 Å². The van der Waals surface area contributed by atoms with Crippen LogP contribution in [-0.4, -0.2) is 23.0 Å². The lowest BCUT2D eigenvalue weighted by atomic mass is 10.3. The van der Waals surface area contributed by atoms with Crippen molar-refractivity contribution in [2.75, 3.05) is 12.4 Å². The number of methoxy groups -OCH3 is 1. The van der Waals surface area contributed by atoms with Crippen LogP contribution in [0.15, 0.2) is 12.1 Å². The van der Waals surface area contributed by atoms with E-state index >= 15 is 0 Å². The number of aromatic nitrogens is 2. The van der Waals surface area contributed by atoms with E-state index in [9.17, 15) is 4.79 Å². The first kappa shape index (κ1) is 14.3. The first-order valence-electron chi connectivity index (χ1n) is 4.84. The third kappa shape index (κ3) is 3.48. The molecule has 0 unspecified atom stereocenters. The summed E-state index contributed by atoms with van der Waals surface area (Å²) >= 11 is 18.5. The van der Waals surface area contributed by atoms with Gasteiger partial charge in [-0.1, -0.05) is 34.8 Å². The Morgan fingerprint density at radius 3 is 2.63 bits per heavy atom. The van der Waals surface area contributed by atoms with Crippen LogP contribution >= 0.6 is 46.1 Å². The topological polar surface area (TPSA) is 64.1 Å².